The van der Waals surface area contributed by atoms with Crippen molar-refractivity contribution in [2.45, 2.75) is 19.8 Å². The van der Waals surface area contributed by atoms with Gasteiger partial charge in [-0.05, 0) is 77.3 Å². The van der Waals surface area contributed by atoms with Crippen LogP contribution in [0.4, 0.5) is 5.69 Å². The number of aliphatic imine (C=N–C) groups is 1. The molecule has 2 aromatic rings. The zero-order valence-electron chi connectivity index (χ0n) is 17.2. The summed E-state index contributed by atoms with van der Waals surface area (Å²) in [4.78, 5) is 30.4. The molecule has 0 atom stereocenters. The average Bonchev–Trinajstić information content (AvgIpc) is 3.34. The summed E-state index contributed by atoms with van der Waals surface area (Å²) in [5.74, 6) is 0.971. The molecule has 0 unspecified atom stereocenters. The molecule has 7 nitrogen and oxygen atoms in total. The highest BCUT2D eigenvalue weighted by molar-refractivity contribution is 9.10. The molecule has 4 rings (SSSR count). The Kier molecular flexibility index (Phi) is 6.08. The normalized spacial score (nSPS) is 17.2. The zero-order chi connectivity index (χ0) is 22.0. The Hall–Kier alpha value is -3.13. The largest absolute Gasteiger partial charge is 0.492 e. The van der Waals surface area contributed by atoms with Crippen molar-refractivity contribution >= 4 is 45.5 Å². The van der Waals surface area contributed by atoms with Crippen LogP contribution in [0.3, 0.4) is 0 Å². The molecule has 0 aliphatic carbocycles. The topological polar surface area (TPSA) is 77.4 Å². The smallest absolute Gasteiger partial charge is 0.363 e. The molecule has 2 aliphatic rings. The van der Waals surface area contributed by atoms with E-state index in [2.05, 4.69) is 20.9 Å². The van der Waals surface area contributed by atoms with E-state index in [4.69, 9.17) is 14.2 Å². The van der Waals surface area contributed by atoms with Crippen molar-refractivity contribution in [3.63, 3.8) is 0 Å². The number of hydrogen-bond acceptors (Lipinski definition) is 6. The number of benzene rings is 2. The minimum Gasteiger partial charge on any atom is -0.492 e. The fourth-order valence-electron chi connectivity index (χ4n) is 3.53. The molecule has 160 valence electrons. The van der Waals surface area contributed by atoms with Crippen molar-refractivity contribution in [2.75, 3.05) is 25.2 Å². The number of nitrogens with zero attached hydrogens (tertiary/aromatic N) is 2. The summed E-state index contributed by atoms with van der Waals surface area (Å²) in [7, 11) is 1.57. The van der Waals surface area contributed by atoms with E-state index in [9.17, 15) is 9.59 Å². The van der Waals surface area contributed by atoms with E-state index in [0.29, 0.717) is 34.6 Å². The lowest BCUT2D eigenvalue weighted by atomic mass is 10.1. The molecule has 2 aliphatic heterocycles. The highest BCUT2D eigenvalue weighted by Crippen LogP contribution is 2.37. The lowest BCUT2D eigenvalue weighted by Gasteiger charge is -2.15. The fraction of sp³-hybridized carbons (Fsp3) is 0.261. The first-order valence-corrected chi connectivity index (χ1v) is 10.7. The van der Waals surface area contributed by atoms with Crippen LogP contribution in [0.2, 0.25) is 0 Å². The number of halogens is 1. The van der Waals surface area contributed by atoms with Crippen molar-refractivity contribution < 1.29 is 23.8 Å². The van der Waals surface area contributed by atoms with E-state index >= 15 is 0 Å². The molecule has 0 saturated carbocycles. The first-order valence-electron chi connectivity index (χ1n) is 9.94. The van der Waals surface area contributed by atoms with Gasteiger partial charge in [0.1, 0.15) is 0 Å². The van der Waals surface area contributed by atoms with E-state index in [-0.39, 0.29) is 17.5 Å². The minimum atomic E-state index is -0.529. The number of rotatable bonds is 6. The number of hydrogen-bond donors (Lipinski definition) is 0. The van der Waals surface area contributed by atoms with Crippen LogP contribution in [-0.2, 0) is 14.3 Å². The Morgan fingerprint density at radius 2 is 2.00 bits per heavy atom. The van der Waals surface area contributed by atoms with Gasteiger partial charge in [0.15, 0.2) is 17.2 Å². The minimum absolute atomic E-state index is 0.125. The molecule has 0 N–H and O–H groups in total. The van der Waals surface area contributed by atoms with Crippen LogP contribution >= 0.6 is 15.9 Å². The summed E-state index contributed by atoms with van der Waals surface area (Å²) in [6, 6.07) is 10.9. The van der Waals surface area contributed by atoms with Crippen LogP contribution in [0.5, 0.6) is 11.5 Å². The predicted molar refractivity (Wildman–Crippen MR) is 120 cm³/mol. The Morgan fingerprint density at radius 3 is 2.65 bits per heavy atom. The van der Waals surface area contributed by atoms with Gasteiger partial charge < -0.3 is 19.1 Å². The molecule has 0 spiro atoms. The molecule has 0 bridgehead atoms. The maximum atomic E-state index is 12.4. The zero-order valence-corrected chi connectivity index (χ0v) is 18.8. The summed E-state index contributed by atoms with van der Waals surface area (Å²) in [6.45, 7) is 3.09. The summed E-state index contributed by atoms with van der Waals surface area (Å²) < 4.78 is 17.1. The Morgan fingerprint density at radius 1 is 1.23 bits per heavy atom. The maximum Gasteiger partial charge on any atom is 0.363 e. The van der Waals surface area contributed by atoms with Gasteiger partial charge in [-0.2, -0.15) is 0 Å². The van der Waals surface area contributed by atoms with Crippen molar-refractivity contribution in [3.8, 4) is 11.5 Å². The van der Waals surface area contributed by atoms with Gasteiger partial charge >= 0.3 is 5.97 Å². The molecule has 0 radical (unpaired) electrons. The first kappa shape index (κ1) is 21.1. The second-order valence-corrected chi connectivity index (χ2v) is 7.85. The van der Waals surface area contributed by atoms with Gasteiger partial charge in [-0.15, -0.1) is 0 Å². The van der Waals surface area contributed by atoms with E-state index in [1.807, 2.05) is 25.1 Å². The van der Waals surface area contributed by atoms with Gasteiger partial charge in [-0.25, -0.2) is 9.79 Å². The van der Waals surface area contributed by atoms with Crippen molar-refractivity contribution in [1.29, 1.82) is 0 Å². The van der Waals surface area contributed by atoms with E-state index in [1.54, 1.807) is 36.3 Å². The molecule has 31 heavy (non-hydrogen) atoms. The van der Waals surface area contributed by atoms with Crippen LogP contribution in [0.15, 0.2) is 51.6 Å². The van der Waals surface area contributed by atoms with Crippen LogP contribution in [-0.4, -0.2) is 38.0 Å². The number of carbonyl (C=O) groups excluding carboxylic acids is 2. The lowest BCUT2D eigenvalue weighted by Crippen LogP contribution is -2.23. The number of ether oxygens (including phenoxy) is 3. The van der Waals surface area contributed by atoms with E-state index in [0.717, 1.165) is 24.2 Å². The molecular weight excluding hydrogens is 464 g/mol. The van der Waals surface area contributed by atoms with Gasteiger partial charge in [-0.1, -0.05) is 0 Å². The third-order valence-corrected chi connectivity index (χ3v) is 5.55. The summed E-state index contributed by atoms with van der Waals surface area (Å²) >= 11 is 3.47. The maximum absolute atomic E-state index is 12.4. The number of cyclic esters (lactones) is 1. The molecule has 1 saturated heterocycles. The van der Waals surface area contributed by atoms with Crippen molar-refractivity contribution in [3.05, 3.63) is 57.7 Å². The molecular formula is C23H21BrN2O5. The monoisotopic (exact) mass is 484 g/mol. The molecule has 2 heterocycles. The third-order valence-electron chi connectivity index (χ3n) is 4.96. The van der Waals surface area contributed by atoms with Gasteiger partial charge in [0.25, 0.3) is 0 Å². The molecule has 8 heteroatoms. The Labute approximate surface area is 188 Å². The Balaban J connectivity index is 1.60. The highest BCUT2D eigenvalue weighted by atomic mass is 79.9. The highest BCUT2D eigenvalue weighted by Gasteiger charge is 2.26. The predicted octanol–water partition coefficient (Wildman–Crippen LogP) is 4.33. The molecule has 2 aromatic carbocycles. The second kappa shape index (κ2) is 8.93. The van der Waals surface area contributed by atoms with E-state index < -0.39 is 5.97 Å². The molecule has 1 fully saturated rings. The van der Waals surface area contributed by atoms with Gasteiger partial charge in [0.05, 0.1) is 18.2 Å². The first-order chi connectivity index (χ1) is 15.0. The number of carbonyl (C=O) groups is 2. The summed E-state index contributed by atoms with van der Waals surface area (Å²) in [5, 5.41) is 0. The van der Waals surface area contributed by atoms with Crippen molar-refractivity contribution in [1.82, 2.24) is 0 Å². The van der Waals surface area contributed by atoms with E-state index in [1.165, 1.54) is 0 Å². The molecule has 0 aromatic heterocycles. The average molecular weight is 485 g/mol. The van der Waals surface area contributed by atoms with Crippen LogP contribution in [0.1, 0.15) is 30.9 Å². The standard InChI is InChI=1S/C23H21BrN2O5/c1-3-30-19-13-14(11-17(24)21(19)29-2)12-18-23(28)31-22(25-18)15-6-8-16(9-7-15)26-10-4-5-20(26)27/h6-9,11-13H,3-5,10H2,1-2H3/b18-12-. The lowest BCUT2D eigenvalue weighted by molar-refractivity contribution is -0.130. The quantitative estimate of drug-likeness (QED) is 0.450. The second-order valence-electron chi connectivity index (χ2n) is 7.00. The number of methoxy groups -OCH3 is 1. The third kappa shape index (κ3) is 4.34. The van der Waals surface area contributed by atoms with Crippen molar-refractivity contribution in [2.24, 2.45) is 4.99 Å². The SMILES string of the molecule is CCOc1cc(/C=C2\N=C(c3ccc(N4CCCC4=O)cc3)OC2=O)cc(Br)c1OC. The van der Waals surface area contributed by atoms with Crippen LogP contribution in [0, 0.1) is 0 Å². The number of anilines is 1. The summed E-state index contributed by atoms with van der Waals surface area (Å²) in [5.41, 5.74) is 2.40. The Bertz CT molecular complexity index is 1090. The van der Waals surface area contributed by atoms with Gasteiger partial charge in [0, 0.05) is 24.2 Å². The molecule has 1 amide bonds. The van der Waals surface area contributed by atoms with Crippen LogP contribution < -0.4 is 14.4 Å². The summed E-state index contributed by atoms with van der Waals surface area (Å²) in [6.07, 6.45) is 3.08. The fourth-order valence-corrected chi connectivity index (χ4v) is 4.15. The van der Waals surface area contributed by atoms with Crippen LogP contribution in [0.25, 0.3) is 6.08 Å². The number of esters is 1. The van der Waals surface area contributed by atoms with Gasteiger partial charge in [-0.3, -0.25) is 4.79 Å². The van der Waals surface area contributed by atoms with Gasteiger partial charge in [0.2, 0.25) is 11.8 Å². The number of amides is 1.